The number of nitrogens with zero attached hydrogens (tertiary/aromatic N) is 2. The molecule has 0 radical (unpaired) electrons. The number of benzene rings is 2. The fourth-order valence-corrected chi connectivity index (χ4v) is 2.21. The average Bonchev–Trinajstić information content (AvgIpc) is 2.46. The number of allylic oxidation sites excluding steroid dienone is 1. The summed E-state index contributed by atoms with van der Waals surface area (Å²) in [6.45, 7) is 1.73. The second-order valence-corrected chi connectivity index (χ2v) is 5.12. The van der Waals surface area contributed by atoms with Crippen molar-refractivity contribution in [3.63, 3.8) is 0 Å². The molecule has 0 saturated heterocycles. The summed E-state index contributed by atoms with van der Waals surface area (Å²) in [4.78, 5) is 13.3. The van der Waals surface area contributed by atoms with Crippen molar-refractivity contribution in [2.45, 2.75) is 6.92 Å². The van der Waals surface area contributed by atoms with Crippen LogP contribution in [0.25, 0.3) is 16.3 Å². The summed E-state index contributed by atoms with van der Waals surface area (Å²) in [5.41, 5.74) is 7.78. The first-order valence-corrected chi connectivity index (χ1v) is 6.56. The molecule has 4 nitrogen and oxygen atoms in total. The maximum Gasteiger partial charge on any atom is 0.259 e. The number of hydrogen-bond acceptors (Lipinski definition) is 3. The second-order valence-electron chi connectivity index (χ2n) is 5.12. The van der Waals surface area contributed by atoms with Gasteiger partial charge in [-0.1, -0.05) is 18.2 Å². The topological polar surface area (TPSA) is 70.1 Å². The molecule has 0 aromatic heterocycles. The van der Waals surface area contributed by atoms with Gasteiger partial charge in [0.25, 0.3) is 5.91 Å². The zero-order chi connectivity index (χ0) is 15.6. The minimum Gasteiger partial charge on any atom is -0.378 e. The molecule has 4 heteroatoms. The van der Waals surface area contributed by atoms with Crippen LogP contribution < -0.4 is 10.6 Å². The van der Waals surface area contributed by atoms with Crippen LogP contribution in [-0.4, -0.2) is 20.0 Å². The van der Waals surface area contributed by atoms with Gasteiger partial charge in [-0.15, -0.1) is 0 Å². The molecule has 106 valence electrons. The van der Waals surface area contributed by atoms with E-state index in [1.54, 1.807) is 6.92 Å². The molecule has 0 atom stereocenters. The Morgan fingerprint density at radius 3 is 2.33 bits per heavy atom. The smallest absolute Gasteiger partial charge is 0.259 e. The SMILES string of the molecule is C/C(=C(/C#N)C(N)=O)c1ccc2cc(N(C)C)ccc2c1. The van der Waals surface area contributed by atoms with Gasteiger partial charge in [-0.2, -0.15) is 5.26 Å². The molecule has 0 aliphatic heterocycles. The Morgan fingerprint density at radius 1 is 1.14 bits per heavy atom. The van der Waals surface area contributed by atoms with Gasteiger partial charge in [0.15, 0.2) is 0 Å². The van der Waals surface area contributed by atoms with E-state index in [4.69, 9.17) is 11.0 Å². The number of hydrogen-bond donors (Lipinski definition) is 1. The van der Waals surface area contributed by atoms with Gasteiger partial charge in [-0.3, -0.25) is 4.79 Å². The van der Waals surface area contributed by atoms with Crippen molar-refractivity contribution in [2.75, 3.05) is 19.0 Å². The molecule has 1 amide bonds. The summed E-state index contributed by atoms with van der Waals surface area (Å²) >= 11 is 0. The van der Waals surface area contributed by atoms with Crippen molar-refractivity contribution in [3.05, 3.63) is 47.5 Å². The van der Waals surface area contributed by atoms with Crippen molar-refractivity contribution >= 4 is 27.9 Å². The fraction of sp³-hybridized carbons (Fsp3) is 0.176. The molecular formula is C17H17N3O. The maximum atomic E-state index is 11.3. The standard InChI is InChI=1S/C17H17N3O/c1-11(16(10-18)17(19)21)12-4-5-14-9-15(20(2)3)7-6-13(14)8-12/h4-9H,1-3H3,(H2,19,21)/b16-11+. The number of rotatable bonds is 3. The summed E-state index contributed by atoms with van der Waals surface area (Å²) in [6, 6.07) is 13.9. The molecule has 2 aromatic carbocycles. The highest BCUT2D eigenvalue weighted by Crippen LogP contribution is 2.26. The fourth-order valence-electron chi connectivity index (χ4n) is 2.21. The molecule has 0 fully saturated rings. The van der Waals surface area contributed by atoms with Gasteiger partial charge < -0.3 is 10.6 Å². The van der Waals surface area contributed by atoms with Crippen LogP contribution in [0.1, 0.15) is 12.5 Å². The summed E-state index contributed by atoms with van der Waals surface area (Å²) < 4.78 is 0. The Bertz CT molecular complexity index is 782. The summed E-state index contributed by atoms with van der Waals surface area (Å²) in [7, 11) is 3.99. The number of fused-ring (bicyclic) bond motifs is 1. The first-order valence-electron chi connectivity index (χ1n) is 6.56. The summed E-state index contributed by atoms with van der Waals surface area (Å²) in [6.07, 6.45) is 0. The maximum absolute atomic E-state index is 11.3. The van der Waals surface area contributed by atoms with Gasteiger partial charge in [0, 0.05) is 19.8 Å². The predicted octanol–water partition coefficient (Wildman–Crippen LogP) is 2.69. The normalized spacial score (nSPS) is 11.7. The lowest BCUT2D eigenvalue weighted by Gasteiger charge is -2.13. The molecule has 2 rings (SSSR count). The lowest BCUT2D eigenvalue weighted by molar-refractivity contribution is -0.114. The molecule has 0 aliphatic carbocycles. The lowest BCUT2D eigenvalue weighted by Crippen LogP contribution is -2.14. The molecule has 2 aromatic rings. The van der Waals surface area contributed by atoms with Crippen molar-refractivity contribution in [2.24, 2.45) is 5.73 Å². The number of carbonyl (C=O) groups is 1. The minimum absolute atomic E-state index is 0.000684. The number of carbonyl (C=O) groups excluding carboxylic acids is 1. The number of amides is 1. The Balaban J connectivity index is 2.57. The zero-order valence-electron chi connectivity index (χ0n) is 12.3. The van der Waals surface area contributed by atoms with E-state index in [2.05, 4.69) is 6.07 Å². The Labute approximate surface area is 124 Å². The summed E-state index contributed by atoms with van der Waals surface area (Å²) in [5, 5.41) is 11.2. The number of nitriles is 1. The van der Waals surface area contributed by atoms with Gasteiger partial charge >= 0.3 is 0 Å². The van der Waals surface area contributed by atoms with Crippen molar-refractivity contribution in [3.8, 4) is 6.07 Å². The first-order chi connectivity index (χ1) is 9.93. The van der Waals surface area contributed by atoms with Crippen molar-refractivity contribution in [1.29, 1.82) is 5.26 Å². The Kier molecular flexibility index (Phi) is 3.95. The first kappa shape index (κ1) is 14.6. The second kappa shape index (κ2) is 5.68. The molecule has 0 saturated carbocycles. The van der Waals surface area contributed by atoms with E-state index in [0.29, 0.717) is 5.57 Å². The Morgan fingerprint density at radius 2 is 1.76 bits per heavy atom. The zero-order valence-corrected chi connectivity index (χ0v) is 12.3. The monoisotopic (exact) mass is 279 g/mol. The molecule has 0 aliphatic rings. The van der Waals surface area contributed by atoms with Crippen LogP contribution in [0.4, 0.5) is 5.69 Å². The highest BCUT2D eigenvalue weighted by molar-refractivity contribution is 6.04. The largest absolute Gasteiger partial charge is 0.378 e. The molecule has 0 bridgehead atoms. The van der Waals surface area contributed by atoms with Crippen LogP contribution in [0.2, 0.25) is 0 Å². The van der Waals surface area contributed by atoms with Crippen molar-refractivity contribution < 1.29 is 4.79 Å². The quantitative estimate of drug-likeness (QED) is 0.693. The average molecular weight is 279 g/mol. The van der Waals surface area contributed by atoms with E-state index in [9.17, 15) is 4.79 Å². The third-order valence-corrected chi connectivity index (χ3v) is 3.51. The number of nitrogens with two attached hydrogens (primary N) is 1. The molecule has 21 heavy (non-hydrogen) atoms. The molecule has 0 spiro atoms. The highest BCUT2D eigenvalue weighted by Gasteiger charge is 2.10. The van der Waals surface area contributed by atoms with E-state index in [0.717, 1.165) is 22.0 Å². The molecule has 2 N–H and O–H groups in total. The minimum atomic E-state index is -0.696. The van der Waals surface area contributed by atoms with Crippen LogP contribution in [0, 0.1) is 11.3 Å². The van der Waals surface area contributed by atoms with Gasteiger partial charge in [0.2, 0.25) is 0 Å². The predicted molar refractivity (Wildman–Crippen MR) is 85.7 cm³/mol. The van der Waals surface area contributed by atoms with Crippen LogP contribution in [0.15, 0.2) is 42.0 Å². The van der Waals surface area contributed by atoms with Gasteiger partial charge in [0.1, 0.15) is 11.6 Å². The van der Waals surface area contributed by atoms with Crippen LogP contribution in [0.3, 0.4) is 0 Å². The Hall–Kier alpha value is -2.80. The van der Waals surface area contributed by atoms with Crippen molar-refractivity contribution in [1.82, 2.24) is 0 Å². The third kappa shape index (κ3) is 2.87. The van der Waals surface area contributed by atoms with Crippen LogP contribution in [-0.2, 0) is 4.79 Å². The van der Waals surface area contributed by atoms with E-state index < -0.39 is 5.91 Å². The molecule has 0 heterocycles. The number of primary amides is 1. The van der Waals surface area contributed by atoms with E-state index in [1.165, 1.54) is 0 Å². The third-order valence-electron chi connectivity index (χ3n) is 3.51. The highest BCUT2D eigenvalue weighted by atomic mass is 16.1. The van der Waals surface area contributed by atoms with E-state index >= 15 is 0 Å². The number of anilines is 1. The summed E-state index contributed by atoms with van der Waals surface area (Å²) in [5.74, 6) is -0.696. The van der Waals surface area contributed by atoms with E-state index in [1.807, 2.05) is 55.4 Å². The van der Waals surface area contributed by atoms with Crippen LogP contribution in [0.5, 0.6) is 0 Å². The van der Waals surface area contributed by atoms with Gasteiger partial charge in [0.05, 0.1) is 0 Å². The molecule has 0 unspecified atom stereocenters. The van der Waals surface area contributed by atoms with Gasteiger partial charge in [-0.25, -0.2) is 0 Å². The van der Waals surface area contributed by atoms with E-state index in [-0.39, 0.29) is 5.57 Å². The van der Waals surface area contributed by atoms with Gasteiger partial charge in [-0.05, 0) is 47.0 Å². The van der Waals surface area contributed by atoms with Crippen LogP contribution >= 0.6 is 0 Å². The molecular weight excluding hydrogens is 262 g/mol. The lowest BCUT2D eigenvalue weighted by atomic mass is 9.98.